The second-order valence-electron chi connectivity index (χ2n) is 11.0. The molecule has 0 bridgehead atoms. The van der Waals surface area contributed by atoms with Gasteiger partial charge in [0.15, 0.2) is 0 Å². The Labute approximate surface area is 231 Å². The van der Waals surface area contributed by atoms with E-state index in [-0.39, 0.29) is 49.1 Å². The second-order valence-corrected chi connectivity index (χ2v) is 12.9. The van der Waals surface area contributed by atoms with Crippen LogP contribution in [0, 0.1) is 6.92 Å². The van der Waals surface area contributed by atoms with Crippen LogP contribution in [0.25, 0.3) is 0 Å². The highest BCUT2D eigenvalue weighted by molar-refractivity contribution is 7.89. The van der Waals surface area contributed by atoms with E-state index in [0.717, 1.165) is 31.6 Å². The number of rotatable bonds is 7. The SMILES string of the molecule is Cc1ccc(S(=O)(=O)N2C[C@H](O)COC[C@H]3O[C@H](CC(=O)N[C@H]4CCN(Cc5ccccc5)C4)CC[C@@H]32)cc1. The van der Waals surface area contributed by atoms with E-state index in [2.05, 4.69) is 22.3 Å². The minimum atomic E-state index is -3.85. The number of β-amino-alcohol motifs (C(OH)–C–C–N with tert-alkyl or cyclic N) is 1. The van der Waals surface area contributed by atoms with Crippen LogP contribution in [0.5, 0.6) is 0 Å². The molecule has 0 aromatic heterocycles. The highest BCUT2D eigenvalue weighted by atomic mass is 32.2. The first-order valence-corrected chi connectivity index (χ1v) is 15.3. The van der Waals surface area contributed by atoms with E-state index in [9.17, 15) is 18.3 Å². The van der Waals surface area contributed by atoms with Crippen molar-refractivity contribution in [1.82, 2.24) is 14.5 Å². The van der Waals surface area contributed by atoms with E-state index in [1.54, 1.807) is 24.3 Å². The van der Waals surface area contributed by atoms with Crippen LogP contribution in [-0.4, -0.2) is 91.9 Å². The van der Waals surface area contributed by atoms with E-state index >= 15 is 0 Å². The molecule has 5 rings (SSSR count). The Balaban J connectivity index is 1.18. The van der Waals surface area contributed by atoms with Gasteiger partial charge in [-0.25, -0.2) is 8.42 Å². The number of sulfonamides is 1. The van der Waals surface area contributed by atoms with Gasteiger partial charge in [0.25, 0.3) is 0 Å². The molecule has 2 aromatic rings. The van der Waals surface area contributed by atoms with Crippen molar-refractivity contribution in [2.24, 2.45) is 0 Å². The largest absolute Gasteiger partial charge is 0.389 e. The first-order valence-electron chi connectivity index (χ1n) is 13.8. The first kappa shape index (κ1) is 28.2. The van der Waals surface area contributed by atoms with E-state index in [1.807, 2.05) is 25.1 Å². The number of aliphatic hydroxyl groups is 1. The number of aryl methyl sites for hydroxylation is 1. The number of likely N-dealkylation sites (tertiary alicyclic amines) is 1. The highest BCUT2D eigenvalue weighted by Gasteiger charge is 2.43. The minimum Gasteiger partial charge on any atom is -0.389 e. The Morgan fingerprint density at radius 2 is 1.79 bits per heavy atom. The van der Waals surface area contributed by atoms with Crippen molar-refractivity contribution in [3.05, 3.63) is 65.7 Å². The second kappa shape index (κ2) is 12.4. The van der Waals surface area contributed by atoms with Crippen LogP contribution in [0.3, 0.4) is 0 Å². The number of ether oxygens (including phenoxy) is 2. The van der Waals surface area contributed by atoms with Gasteiger partial charge in [-0.3, -0.25) is 9.69 Å². The molecule has 0 unspecified atom stereocenters. The number of amides is 1. The molecule has 3 aliphatic heterocycles. The van der Waals surface area contributed by atoms with Gasteiger partial charge in [-0.2, -0.15) is 4.31 Å². The summed E-state index contributed by atoms with van der Waals surface area (Å²) in [6, 6.07) is 16.7. The molecule has 2 N–H and O–H groups in total. The van der Waals surface area contributed by atoms with Crippen LogP contribution in [0.15, 0.2) is 59.5 Å². The lowest BCUT2D eigenvalue weighted by molar-refractivity contribution is -0.146. The van der Waals surface area contributed by atoms with Crippen LogP contribution >= 0.6 is 0 Å². The fraction of sp³-hybridized carbons (Fsp3) is 0.552. The summed E-state index contributed by atoms with van der Waals surface area (Å²) >= 11 is 0. The van der Waals surface area contributed by atoms with Crippen LogP contribution in [0.1, 0.15) is 36.8 Å². The third kappa shape index (κ3) is 7.06. The summed E-state index contributed by atoms with van der Waals surface area (Å²) in [5.41, 5.74) is 2.23. The molecular formula is C29H39N3O6S. The zero-order chi connectivity index (χ0) is 27.4. The van der Waals surface area contributed by atoms with E-state index < -0.39 is 28.3 Å². The number of carbonyl (C=O) groups excluding carboxylic acids is 1. The molecule has 2 aromatic carbocycles. The lowest BCUT2D eigenvalue weighted by atomic mass is 9.96. The predicted octanol–water partition coefficient (Wildman–Crippen LogP) is 2.07. The van der Waals surface area contributed by atoms with Gasteiger partial charge in [0.05, 0.1) is 48.9 Å². The third-order valence-electron chi connectivity index (χ3n) is 7.86. The van der Waals surface area contributed by atoms with Gasteiger partial charge < -0.3 is 19.9 Å². The van der Waals surface area contributed by atoms with Crippen LogP contribution in [0.4, 0.5) is 0 Å². The average molecular weight is 558 g/mol. The Kier molecular flexibility index (Phi) is 9.00. The van der Waals surface area contributed by atoms with Crippen molar-refractivity contribution in [3.63, 3.8) is 0 Å². The average Bonchev–Trinajstić information content (AvgIpc) is 3.33. The van der Waals surface area contributed by atoms with Crippen molar-refractivity contribution in [2.75, 3.05) is 32.8 Å². The van der Waals surface area contributed by atoms with Crippen molar-refractivity contribution < 1.29 is 27.8 Å². The van der Waals surface area contributed by atoms with Crippen molar-refractivity contribution in [1.29, 1.82) is 0 Å². The van der Waals surface area contributed by atoms with Crippen molar-refractivity contribution in [3.8, 4) is 0 Å². The molecule has 0 spiro atoms. The molecule has 0 radical (unpaired) electrons. The number of hydrogen-bond acceptors (Lipinski definition) is 7. The third-order valence-corrected chi connectivity index (χ3v) is 9.77. The maximum absolute atomic E-state index is 13.6. The first-order chi connectivity index (χ1) is 18.8. The fourth-order valence-electron chi connectivity index (χ4n) is 5.85. The number of carbonyl (C=O) groups is 1. The van der Waals surface area contributed by atoms with Crippen LogP contribution < -0.4 is 5.32 Å². The van der Waals surface area contributed by atoms with Crippen molar-refractivity contribution in [2.45, 2.75) is 74.4 Å². The van der Waals surface area contributed by atoms with Gasteiger partial charge in [0, 0.05) is 32.2 Å². The highest BCUT2D eigenvalue weighted by Crippen LogP contribution is 2.31. The Morgan fingerprint density at radius 3 is 2.56 bits per heavy atom. The van der Waals surface area contributed by atoms with Gasteiger partial charge in [-0.15, -0.1) is 0 Å². The zero-order valence-corrected chi connectivity index (χ0v) is 23.3. The number of benzene rings is 2. The molecule has 3 fully saturated rings. The van der Waals surface area contributed by atoms with Gasteiger partial charge in [0.1, 0.15) is 0 Å². The molecule has 9 nitrogen and oxygen atoms in total. The van der Waals surface area contributed by atoms with Gasteiger partial charge in [0.2, 0.25) is 15.9 Å². The quantitative estimate of drug-likeness (QED) is 0.537. The summed E-state index contributed by atoms with van der Waals surface area (Å²) in [7, 11) is -3.85. The smallest absolute Gasteiger partial charge is 0.243 e. The Hall–Kier alpha value is -2.34. The van der Waals surface area contributed by atoms with Crippen LogP contribution in [-0.2, 0) is 30.8 Å². The molecule has 3 heterocycles. The number of fused-ring (bicyclic) bond motifs is 1. The summed E-state index contributed by atoms with van der Waals surface area (Å²) in [5, 5.41) is 13.6. The predicted molar refractivity (Wildman–Crippen MR) is 146 cm³/mol. The molecule has 1 amide bonds. The normalized spacial score (nSPS) is 28.8. The molecular weight excluding hydrogens is 518 g/mol. The lowest BCUT2D eigenvalue weighted by Gasteiger charge is -2.43. The van der Waals surface area contributed by atoms with Crippen molar-refractivity contribution >= 4 is 15.9 Å². The van der Waals surface area contributed by atoms with E-state index in [1.165, 1.54) is 9.87 Å². The number of nitrogens with one attached hydrogen (secondary N) is 1. The van der Waals surface area contributed by atoms with Gasteiger partial charge in [-0.05, 0) is 43.9 Å². The maximum Gasteiger partial charge on any atom is 0.243 e. The molecule has 5 atom stereocenters. The number of hydrogen-bond donors (Lipinski definition) is 2. The number of aliphatic hydroxyl groups excluding tert-OH is 1. The topological polar surface area (TPSA) is 108 Å². The summed E-state index contributed by atoms with van der Waals surface area (Å²) < 4.78 is 40.5. The fourth-order valence-corrected chi connectivity index (χ4v) is 7.56. The zero-order valence-electron chi connectivity index (χ0n) is 22.4. The van der Waals surface area contributed by atoms with Gasteiger partial charge in [-0.1, -0.05) is 48.0 Å². The summed E-state index contributed by atoms with van der Waals surface area (Å²) in [4.78, 5) is 15.5. The molecule has 0 aliphatic carbocycles. The molecule has 3 aliphatic rings. The van der Waals surface area contributed by atoms with E-state index in [4.69, 9.17) is 9.47 Å². The standard InChI is InChI=1S/C29H39N3O6S/c1-21-7-10-26(11-8-21)39(35,36)32-18-24(33)19-37-20-28-27(32)12-9-25(38-28)15-29(34)30-23-13-14-31(17-23)16-22-5-3-2-4-6-22/h2-8,10-11,23-25,27-28,33H,9,12-20H2,1H3,(H,30,34)/t23-,24-,25-,27-,28+/m0/s1. The monoisotopic (exact) mass is 557 g/mol. The summed E-state index contributed by atoms with van der Waals surface area (Å²) in [5.74, 6) is -0.0451. The Morgan fingerprint density at radius 1 is 1.03 bits per heavy atom. The number of nitrogens with zero attached hydrogens (tertiary/aromatic N) is 2. The molecule has 3 saturated heterocycles. The molecule has 212 valence electrons. The lowest BCUT2D eigenvalue weighted by Crippen LogP contribution is -2.57. The maximum atomic E-state index is 13.6. The van der Waals surface area contributed by atoms with E-state index in [0.29, 0.717) is 12.8 Å². The molecule has 10 heteroatoms. The summed E-state index contributed by atoms with van der Waals surface area (Å²) in [6.45, 7) is 4.67. The summed E-state index contributed by atoms with van der Waals surface area (Å²) in [6.07, 6.45) is 0.459. The Bertz CT molecular complexity index is 1210. The van der Waals surface area contributed by atoms with Crippen LogP contribution in [0.2, 0.25) is 0 Å². The minimum absolute atomic E-state index is 0.0266. The van der Waals surface area contributed by atoms with Gasteiger partial charge >= 0.3 is 0 Å². The molecule has 0 saturated carbocycles. The molecule has 39 heavy (non-hydrogen) atoms.